The first-order chi connectivity index (χ1) is 50.3. The number of hydrogen-bond acceptors (Lipinski definition) is 22. The van der Waals surface area contributed by atoms with E-state index in [9.17, 15) is 19.2 Å². The largest absolute Gasteiger partial charge is 0.459 e. The first-order valence-electron chi connectivity index (χ1n) is 34.1. The highest BCUT2D eigenvalue weighted by molar-refractivity contribution is 5.91. The van der Waals surface area contributed by atoms with Gasteiger partial charge in [-0.05, 0) is 84.6 Å². The molecule has 0 radical (unpaired) electrons. The van der Waals surface area contributed by atoms with E-state index in [1.54, 1.807) is 98.8 Å². The van der Waals surface area contributed by atoms with Gasteiger partial charge in [-0.25, -0.2) is 19.2 Å². The van der Waals surface area contributed by atoms with Gasteiger partial charge in [0, 0.05) is 21.3 Å². The third-order valence-electron chi connectivity index (χ3n) is 18.4. The minimum atomic E-state index is -1.77. The molecule has 0 aliphatic carbocycles. The molecule has 4 aliphatic heterocycles. The zero-order chi connectivity index (χ0) is 71.6. The Balaban J connectivity index is 0.915. The van der Waals surface area contributed by atoms with E-state index in [0.717, 1.165) is 22.3 Å². The first kappa shape index (κ1) is 73.8. The zero-order valence-corrected chi connectivity index (χ0v) is 57.7. The van der Waals surface area contributed by atoms with Crippen molar-refractivity contribution in [2.75, 3.05) is 41.2 Å². The van der Waals surface area contributed by atoms with Crippen molar-refractivity contribution in [3.8, 4) is 0 Å². The number of carbonyl (C=O) groups excluding carboxylic acids is 4. The number of methoxy groups -OCH3 is 3. The van der Waals surface area contributed by atoms with Crippen molar-refractivity contribution in [2.24, 2.45) is 0 Å². The van der Waals surface area contributed by atoms with Gasteiger partial charge >= 0.3 is 23.9 Å². The van der Waals surface area contributed by atoms with E-state index in [0.29, 0.717) is 0 Å². The van der Waals surface area contributed by atoms with Crippen LogP contribution in [0.5, 0.6) is 0 Å². The first-order valence-corrected chi connectivity index (χ1v) is 34.1. The van der Waals surface area contributed by atoms with E-state index in [1.165, 1.54) is 57.7 Å². The van der Waals surface area contributed by atoms with Crippen LogP contribution < -0.4 is 0 Å². The fourth-order valence-electron chi connectivity index (χ4n) is 12.7. The molecule has 0 saturated carbocycles. The average Bonchev–Trinajstić information content (AvgIpc) is 0.729. The topological polar surface area (TPSA) is 234 Å². The summed E-state index contributed by atoms with van der Waals surface area (Å²) in [6, 6.07) is 71.2. The molecule has 8 aromatic carbocycles. The van der Waals surface area contributed by atoms with Crippen LogP contribution in [-0.2, 0) is 112 Å². The van der Waals surface area contributed by atoms with Gasteiger partial charge in [0.05, 0.1) is 61.9 Å². The van der Waals surface area contributed by atoms with Crippen LogP contribution in [0.4, 0.5) is 0 Å². The van der Waals surface area contributed by atoms with Crippen LogP contribution in [0.25, 0.3) is 0 Å². The van der Waals surface area contributed by atoms with E-state index in [2.05, 4.69) is 0 Å². The second-order valence-electron chi connectivity index (χ2n) is 25.2. The van der Waals surface area contributed by atoms with Gasteiger partial charge in [-0.15, -0.1) is 0 Å². The summed E-state index contributed by atoms with van der Waals surface area (Å²) in [5.41, 5.74) is 4.05. The van der Waals surface area contributed by atoms with Crippen molar-refractivity contribution in [1.82, 2.24) is 0 Å². The van der Waals surface area contributed by atoms with Crippen LogP contribution in [0.15, 0.2) is 243 Å². The third-order valence-corrected chi connectivity index (χ3v) is 18.4. The van der Waals surface area contributed by atoms with Crippen molar-refractivity contribution in [3.05, 3.63) is 287 Å². The molecular weight excluding hydrogens is 1320 g/mol. The van der Waals surface area contributed by atoms with Gasteiger partial charge in [-0.2, -0.15) is 0 Å². The summed E-state index contributed by atoms with van der Waals surface area (Å²) in [6.45, 7) is 2.78. The summed E-state index contributed by atoms with van der Waals surface area (Å²) in [6.07, 6.45) is -20.0. The Kier molecular flexibility index (Phi) is 25.4. The molecule has 103 heavy (non-hydrogen) atoms. The molecule has 0 spiro atoms. The van der Waals surface area contributed by atoms with Gasteiger partial charge in [-0.1, -0.05) is 194 Å². The highest BCUT2D eigenvalue weighted by Crippen LogP contribution is 2.46. The van der Waals surface area contributed by atoms with Crippen LogP contribution in [0.3, 0.4) is 0 Å². The predicted octanol–water partition coefficient (Wildman–Crippen LogP) is 11.2. The van der Waals surface area contributed by atoms with E-state index in [4.69, 9.17) is 85.3 Å². The minimum Gasteiger partial charge on any atom is -0.459 e. The molecule has 4 aliphatic rings. The fourth-order valence-corrected chi connectivity index (χ4v) is 12.7. The Morgan fingerprint density at radius 2 is 0.699 bits per heavy atom. The van der Waals surface area contributed by atoms with Gasteiger partial charge < -0.3 is 85.3 Å². The molecule has 4 heterocycles. The number of esters is 4. The summed E-state index contributed by atoms with van der Waals surface area (Å²) < 4.78 is 121. The smallest absolute Gasteiger partial charge is 0.338 e. The van der Waals surface area contributed by atoms with Crippen LogP contribution in [0, 0.1) is 0 Å². The van der Waals surface area contributed by atoms with Crippen molar-refractivity contribution in [3.63, 3.8) is 0 Å². The fraction of sp³-hybridized carbons (Fsp3) is 0.358. The summed E-state index contributed by atoms with van der Waals surface area (Å²) in [5.74, 6) is -6.84. The van der Waals surface area contributed by atoms with Gasteiger partial charge in [-0.3, -0.25) is 0 Å². The molecule has 12 rings (SSSR count). The van der Waals surface area contributed by atoms with Gasteiger partial charge in [0.1, 0.15) is 61.5 Å². The quantitative estimate of drug-likeness (QED) is 0.0300. The molecule has 22 heteroatoms. The summed E-state index contributed by atoms with van der Waals surface area (Å²) in [5, 5.41) is 0. The second-order valence-corrected chi connectivity index (χ2v) is 25.2. The van der Waals surface area contributed by atoms with Crippen LogP contribution in [0.1, 0.15) is 77.5 Å². The molecule has 0 N–H and O–H groups in total. The van der Waals surface area contributed by atoms with Gasteiger partial charge in [0.2, 0.25) is 11.6 Å². The van der Waals surface area contributed by atoms with Crippen LogP contribution >= 0.6 is 0 Å². The molecule has 0 bridgehead atoms. The van der Waals surface area contributed by atoms with Crippen LogP contribution in [-0.4, -0.2) is 169 Å². The molecule has 4 saturated heterocycles. The van der Waals surface area contributed by atoms with Crippen LogP contribution in [0.2, 0.25) is 0 Å². The maximum atomic E-state index is 14.6. The number of carbonyl (C=O) groups is 4. The minimum absolute atomic E-state index is 0.00241. The van der Waals surface area contributed by atoms with E-state index < -0.39 is 141 Å². The number of fused-ring (bicyclic) bond motifs is 1. The number of rotatable bonds is 30. The van der Waals surface area contributed by atoms with Crippen molar-refractivity contribution < 1.29 is 104 Å². The van der Waals surface area contributed by atoms with Gasteiger partial charge in [0.25, 0.3) is 0 Å². The molecule has 17 atom stereocenters. The standard InChI is InChI=1S/C81H84O22/c1-80(87-4)81(2,88-5)103-69-66(102-80)63(52-94-78-71(100-76(85)60-44-28-13-29-45-60)68(99-75(84)59-42-26-12-27-43-59)65(98-74(83)58-40-24-11-25-41-58)62(96-78)51-93-73(82)57-38-22-10-23-39-57)95-77(86-3)72(69)101-79-70(92-49-56-36-20-9-21-37-56)67(91-48-55-34-18-8-19-35-55)64(90-47-54-32-16-7-17-33-54)61(97-79)50-89-46-53-30-14-6-15-31-53/h6-45,61-72,77-79H,46-52H2,1-5H3/t61-,62-,63-,64-,65-,66-,67+,68+,69+,70+,71+,72-,77+,78+,79?,80?,81?/m1/s1. The SMILES string of the molecule is CO[C@H]1O[C@H](CO[C@H]2O[C@H](COC(=O)c3ccccc3)[C@@H](OC(=O)c3ccccc3)[C@H](OC(=O)c3ccccc3)[C@@H]2OC(=O)c2ccccc2)[C@H]2OC(C)(OC)C(C)(OC)O[C@@H]2[C@H]1OC1O[C@H](COCc2ccccc2)[C@@H](OCc2ccccc2)[C@H](OCc2ccccc2)[C@@H]1OCc1ccccc1. The lowest BCUT2D eigenvalue weighted by Gasteiger charge is -2.57. The number of ether oxygens (including phenoxy) is 18. The summed E-state index contributed by atoms with van der Waals surface area (Å²) >= 11 is 0. The van der Waals surface area contributed by atoms with E-state index in [-0.39, 0.29) is 55.3 Å². The molecule has 3 unspecified atom stereocenters. The molecule has 8 aromatic rings. The highest BCUT2D eigenvalue weighted by atomic mass is 16.8. The van der Waals surface area contributed by atoms with E-state index >= 15 is 0 Å². The third kappa shape index (κ3) is 18.4. The normalized spacial score (nSPS) is 28.2. The van der Waals surface area contributed by atoms with E-state index in [1.807, 2.05) is 121 Å². The Labute approximate surface area is 598 Å². The summed E-state index contributed by atoms with van der Waals surface area (Å²) in [7, 11) is 4.31. The lowest BCUT2D eigenvalue weighted by atomic mass is 9.93. The average molecular weight is 1410 g/mol. The van der Waals surface area contributed by atoms with Crippen molar-refractivity contribution in [2.45, 2.75) is 144 Å². The Morgan fingerprint density at radius 3 is 1.16 bits per heavy atom. The number of benzene rings is 8. The lowest BCUT2D eigenvalue weighted by Crippen LogP contribution is -2.74. The second kappa shape index (κ2) is 35.5. The maximum Gasteiger partial charge on any atom is 0.338 e. The predicted molar refractivity (Wildman–Crippen MR) is 369 cm³/mol. The van der Waals surface area contributed by atoms with Gasteiger partial charge in [0.15, 0.2) is 37.2 Å². The molecule has 4 fully saturated rings. The Hall–Kier alpha value is -8.92. The molecule has 0 aromatic heterocycles. The maximum absolute atomic E-state index is 14.6. The highest BCUT2D eigenvalue weighted by Gasteiger charge is 2.65. The monoisotopic (exact) mass is 1410 g/mol. The van der Waals surface area contributed by atoms with Crippen molar-refractivity contribution >= 4 is 23.9 Å². The lowest BCUT2D eigenvalue weighted by molar-refractivity contribution is -0.487. The molecular formula is C81H84O22. The molecule has 0 amide bonds. The molecule has 22 nitrogen and oxygen atoms in total. The Bertz CT molecular complexity index is 3930. The number of hydrogen-bond donors (Lipinski definition) is 0. The Morgan fingerprint density at radius 1 is 0.330 bits per heavy atom. The summed E-state index contributed by atoms with van der Waals surface area (Å²) in [4.78, 5) is 57.5. The molecule has 540 valence electrons. The van der Waals surface area contributed by atoms with Crippen molar-refractivity contribution in [1.29, 1.82) is 0 Å². The zero-order valence-electron chi connectivity index (χ0n) is 57.7.